The van der Waals surface area contributed by atoms with E-state index in [1.54, 1.807) is 29.5 Å². The van der Waals surface area contributed by atoms with E-state index in [0.717, 1.165) is 4.88 Å². The van der Waals surface area contributed by atoms with Gasteiger partial charge in [0.1, 0.15) is 6.61 Å². The number of carbonyl (C=O) groups is 1. The van der Waals surface area contributed by atoms with Gasteiger partial charge >= 0.3 is 0 Å². The van der Waals surface area contributed by atoms with Crippen molar-refractivity contribution in [2.45, 2.75) is 13.0 Å². The Morgan fingerprint density at radius 2 is 2.13 bits per heavy atom. The molecular formula is C17H21FN2O2S. The zero-order valence-electron chi connectivity index (χ0n) is 13.3. The highest BCUT2D eigenvalue weighted by molar-refractivity contribution is 7.10. The van der Waals surface area contributed by atoms with Gasteiger partial charge in [0.25, 0.3) is 0 Å². The molecule has 0 aliphatic carbocycles. The van der Waals surface area contributed by atoms with Crippen LogP contribution in [0, 0.1) is 5.82 Å². The van der Waals surface area contributed by atoms with Crippen LogP contribution in [-0.2, 0) is 4.79 Å². The largest absolute Gasteiger partial charge is 0.489 e. The molecule has 6 heteroatoms. The minimum atomic E-state index is -0.377. The van der Waals surface area contributed by atoms with Crippen molar-refractivity contribution in [2.75, 3.05) is 26.7 Å². The average Bonchev–Trinajstić information content (AvgIpc) is 3.03. The van der Waals surface area contributed by atoms with Gasteiger partial charge in [0.15, 0.2) is 11.6 Å². The second-order valence-electron chi connectivity index (χ2n) is 5.32. The Bertz CT molecular complexity index is 619. The molecule has 0 saturated carbocycles. The summed E-state index contributed by atoms with van der Waals surface area (Å²) >= 11 is 1.62. The molecule has 1 unspecified atom stereocenters. The van der Waals surface area contributed by atoms with Crippen molar-refractivity contribution in [1.82, 2.24) is 10.2 Å². The first-order chi connectivity index (χ1) is 11.1. The molecule has 0 aliphatic rings. The number of likely N-dealkylation sites (N-methyl/N-ethyl adjacent to an activating group) is 1. The summed E-state index contributed by atoms with van der Waals surface area (Å²) in [6.45, 7) is 3.10. The average molecular weight is 336 g/mol. The Labute approximate surface area is 139 Å². The van der Waals surface area contributed by atoms with Crippen molar-refractivity contribution in [3.63, 3.8) is 0 Å². The number of thiophene rings is 1. The highest BCUT2D eigenvalue weighted by atomic mass is 32.1. The van der Waals surface area contributed by atoms with E-state index in [2.05, 4.69) is 5.32 Å². The number of hydrogen-bond donors (Lipinski definition) is 1. The topological polar surface area (TPSA) is 41.6 Å². The molecule has 1 aromatic carbocycles. The first-order valence-corrected chi connectivity index (χ1v) is 8.33. The van der Waals surface area contributed by atoms with E-state index in [1.165, 1.54) is 6.07 Å². The number of nitrogens with zero attached hydrogens (tertiary/aromatic N) is 1. The number of rotatable bonds is 8. The van der Waals surface area contributed by atoms with Crippen LogP contribution >= 0.6 is 11.3 Å². The van der Waals surface area contributed by atoms with Crippen LogP contribution in [0.2, 0.25) is 0 Å². The maximum Gasteiger partial charge on any atom is 0.234 e. The second-order valence-corrected chi connectivity index (χ2v) is 6.30. The van der Waals surface area contributed by atoms with Gasteiger partial charge in [-0.3, -0.25) is 9.69 Å². The van der Waals surface area contributed by atoms with Crippen molar-refractivity contribution >= 4 is 17.2 Å². The van der Waals surface area contributed by atoms with Crippen LogP contribution in [-0.4, -0.2) is 37.6 Å². The third-order valence-electron chi connectivity index (χ3n) is 3.33. The first-order valence-electron chi connectivity index (χ1n) is 7.45. The number of para-hydroxylation sites is 1. The molecule has 1 aromatic heterocycles. The molecule has 4 nitrogen and oxygen atoms in total. The van der Waals surface area contributed by atoms with Gasteiger partial charge < -0.3 is 10.1 Å². The van der Waals surface area contributed by atoms with Crippen LogP contribution in [0.3, 0.4) is 0 Å². The Morgan fingerprint density at radius 3 is 2.83 bits per heavy atom. The molecule has 124 valence electrons. The fourth-order valence-corrected chi connectivity index (χ4v) is 2.83. The SMILES string of the molecule is CC(NC(=O)CN(C)CCOc1ccccc1F)c1cccs1. The molecule has 1 heterocycles. The van der Waals surface area contributed by atoms with E-state index in [9.17, 15) is 9.18 Å². The summed E-state index contributed by atoms with van der Waals surface area (Å²) in [5, 5.41) is 4.95. The van der Waals surface area contributed by atoms with Gasteiger partial charge in [-0.2, -0.15) is 0 Å². The maximum absolute atomic E-state index is 13.4. The van der Waals surface area contributed by atoms with E-state index in [-0.39, 0.29) is 30.1 Å². The summed E-state index contributed by atoms with van der Waals surface area (Å²) < 4.78 is 18.8. The van der Waals surface area contributed by atoms with Crippen LogP contribution in [0.15, 0.2) is 41.8 Å². The smallest absolute Gasteiger partial charge is 0.234 e. The van der Waals surface area contributed by atoms with Gasteiger partial charge in [0.2, 0.25) is 5.91 Å². The summed E-state index contributed by atoms with van der Waals surface area (Å²) in [5.74, 6) is -0.186. The van der Waals surface area contributed by atoms with E-state index < -0.39 is 0 Å². The van der Waals surface area contributed by atoms with E-state index in [1.807, 2.05) is 36.4 Å². The van der Waals surface area contributed by atoms with E-state index in [0.29, 0.717) is 13.2 Å². The molecule has 1 N–H and O–H groups in total. The molecule has 0 fully saturated rings. The number of halogens is 1. The lowest BCUT2D eigenvalue weighted by Crippen LogP contribution is -2.37. The lowest BCUT2D eigenvalue weighted by molar-refractivity contribution is -0.122. The van der Waals surface area contributed by atoms with Gasteiger partial charge in [-0.25, -0.2) is 4.39 Å². The predicted octanol–water partition coefficient (Wildman–Crippen LogP) is 3.08. The minimum absolute atomic E-state index is 0.00515. The highest BCUT2D eigenvalue weighted by Gasteiger charge is 2.12. The molecule has 2 rings (SSSR count). The molecule has 0 saturated heterocycles. The molecule has 0 bridgehead atoms. The van der Waals surface area contributed by atoms with Gasteiger partial charge in [-0.05, 0) is 37.6 Å². The quantitative estimate of drug-likeness (QED) is 0.805. The van der Waals surface area contributed by atoms with Crippen LogP contribution in [0.25, 0.3) is 0 Å². The molecular weight excluding hydrogens is 315 g/mol. The summed E-state index contributed by atoms with van der Waals surface area (Å²) in [5.41, 5.74) is 0. The highest BCUT2D eigenvalue weighted by Crippen LogP contribution is 2.18. The third kappa shape index (κ3) is 5.65. The molecule has 1 amide bonds. The molecule has 0 radical (unpaired) electrons. The zero-order valence-corrected chi connectivity index (χ0v) is 14.1. The van der Waals surface area contributed by atoms with Crippen LogP contribution < -0.4 is 10.1 Å². The number of carbonyl (C=O) groups excluding carboxylic acids is 1. The second kappa shape index (κ2) is 8.64. The predicted molar refractivity (Wildman–Crippen MR) is 90.3 cm³/mol. The number of amides is 1. The van der Waals surface area contributed by atoms with Crippen molar-refractivity contribution in [2.24, 2.45) is 0 Å². The summed E-state index contributed by atoms with van der Waals surface area (Å²) in [6.07, 6.45) is 0. The molecule has 2 aromatic rings. The molecule has 23 heavy (non-hydrogen) atoms. The minimum Gasteiger partial charge on any atom is -0.489 e. The Balaban J connectivity index is 1.69. The van der Waals surface area contributed by atoms with Crippen LogP contribution in [0.1, 0.15) is 17.8 Å². The first kappa shape index (κ1) is 17.4. The molecule has 0 aliphatic heterocycles. The van der Waals surface area contributed by atoms with Gasteiger partial charge in [0.05, 0.1) is 12.6 Å². The third-order valence-corrected chi connectivity index (χ3v) is 4.38. The zero-order chi connectivity index (χ0) is 16.7. The van der Waals surface area contributed by atoms with Gasteiger partial charge in [-0.15, -0.1) is 11.3 Å². The van der Waals surface area contributed by atoms with E-state index in [4.69, 9.17) is 4.74 Å². The number of nitrogens with one attached hydrogen (secondary N) is 1. The lowest BCUT2D eigenvalue weighted by atomic mass is 10.3. The molecule has 0 spiro atoms. The van der Waals surface area contributed by atoms with Crippen molar-refractivity contribution in [3.05, 3.63) is 52.5 Å². The Morgan fingerprint density at radius 1 is 1.35 bits per heavy atom. The van der Waals surface area contributed by atoms with E-state index >= 15 is 0 Å². The standard InChI is InChI=1S/C17H21FN2O2S/c1-13(16-8-5-11-23-16)19-17(21)12-20(2)9-10-22-15-7-4-3-6-14(15)18/h3-8,11,13H,9-10,12H2,1-2H3,(H,19,21). The van der Waals surface area contributed by atoms with Gasteiger partial charge in [0, 0.05) is 11.4 Å². The molecule has 1 atom stereocenters. The van der Waals surface area contributed by atoms with Gasteiger partial charge in [-0.1, -0.05) is 18.2 Å². The van der Waals surface area contributed by atoms with Crippen molar-refractivity contribution in [3.8, 4) is 5.75 Å². The monoisotopic (exact) mass is 336 g/mol. The van der Waals surface area contributed by atoms with Crippen LogP contribution in [0.5, 0.6) is 5.75 Å². The normalized spacial score (nSPS) is 12.2. The van der Waals surface area contributed by atoms with Crippen LogP contribution in [0.4, 0.5) is 4.39 Å². The summed E-state index contributed by atoms with van der Waals surface area (Å²) in [4.78, 5) is 15.0. The lowest BCUT2D eigenvalue weighted by Gasteiger charge is -2.18. The fourth-order valence-electron chi connectivity index (χ4n) is 2.09. The number of benzene rings is 1. The summed E-state index contributed by atoms with van der Waals surface area (Å²) in [6, 6.07) is 10.3. The number of hydrogen-bond acceptors (Lipinski definition) is 4. The Kier molecular flexibility index (Phi) is 6.55. The van der Waals surface area contributed by atoms with Crippen molar-refractivity contribution in [1.29, 1.82) is 0 Å². The Hall–Kier alpha value is -1.92. The summed E-state index contributed by atoms with van der Waals surface area (Å²) in [7, 11) is 1.83. The fraction of sp³-hybridized carbons (Fsp3) is 0.353. The maximum atomic E-state index is 13.4. The number of ether oxygens (including phenoxy) is 1. The van der Waals surface area contributed by atoms with Crippen molar-refractivity contribution < 1.29 is 13.9 Å².